The molecule has 0 bridgehead atoms. The molecule has 94 valence electrons. The van der Waals surface area contributed by atoms with Crippen LogP contribution in [0.3, 0.4) is 0 Å². The highest BCUT2D eigenvalue weighted by Crippen LogP contribution is 2.35. The lowest BCUT2D eigenvalue weighted by atomic mass is 10.1. The van der Waals surface area contributed by atoms with Crippen molar-refractivity contribution in [3.8, 4) is 10.4 Å². The van der Waals surface area contributed by atoms with Crippen molar-refractivity contribution < 1.29 is 4.92 Å². The lowest BCUT2D eigenvalue weighted by Gasteiger charge is -1.96. The molecule has 0 saturated heterocycles. The van der Waals surface area contributed by atoms with Crippen LogP contribution in [0, 0.1) is 10.1 Å². The highest BCUT2D eigenvalue weighted by Gasteiger charge is 2.08. The zero-order valence-electron chi connectivity index (χ0n) is 9.67. The van der Waals surface area contributed by atoms with E-state index in [2.05, 4.69) is 34.1 Å². The average Bonchev–Trinajstić information content (AvgIpc) is 2.81. The van der Waals surface area contributed by atoms with Gasteiger partial charge in [-0.05, 0) is 47.3 Å². The predicted molar refractivity (Wildman–Crippen MR) is 81.6 cm³/mol. The third-order valence-electron chi connectivity index (χ3n) is 2.84. The molecule has 0 radical (unpaired) electrons. The molecule has 3 nitrogen and oxygen atoms in total. The van der Waals surface area contributed by atoms with Crippen molar-refractivity contribution in [3.05, 3.63) is 63.1 Å². The first-order chi connectivity index (χ1) is 9.13. The van der Waals surface area contributed by atoms with Gasteiger partial charge < -0.3 is 0 Å². The minimum Gasteiger partial charge on any atom is -0.258 e. The Balaban J connectivity index is 2.06. The standard InChI is InChI=1S/C14H8BrNO2S/c15-11-3-6-13-10(7-11)8-14(19-13)9-1-4-12(5-2-9)16(17)18/h1-8H. The first-order valence-corrected chi connectivity index (χ1v) is 7.18. The zero-order chi connectivity index (χ0) is 13.4. The normalized spacial score (nSPS) is 10.8. The first kappa shape index (κ1) is 12.3. The van der Waals surface area contributed by atoms with E-state index in [1.807, 2.05) is 6.07 Å². The van der Waals surface area contributed by atoms with Crippen LogP contribution in [-0.4, -0.2) is 4.92 Å². The molecule has 0 unspecified atom stereocenters. The maximum Gasteiger partial charge on any atom is 0.269 e. The summed E-state index contributed by atoms with van der Waals surface area (Å²) in [4.78, 5) is 11.4. The van der Waals surface area contributed by atoms with Crippen LogP contribution in [-0.2, 0) is 0 Å². The summed E-state index contributed by atoms with van der Waals surface area (Å²) in [6.07, 6.45) is 0. The molecule has 2 aromatic carbocycles. The Kier molecular flexibility index (Phi) is 3.08. The molecular weight excluding hydrogens is 326 g/mol. The van der Waals surface area contributed by atoms with Crippen LogP contribution in [0.1, 0.15) is 0 Å². The number of thiophene rings is 1. The number of nitro groups is 1. The summed E-state index contributed by atoms with van der Waals surface area (Å²) in [7, 11) is 0. The van der Waals surface area contributed by atoms with Gasteiger partial charge in [0.1, 0.15) is 0 Å². The minimum atomic E-state index is -0.383. The fraction of sp³-hybridized carbons (Fsp3) is 0. The number of halogens is 1. The highest BCUT2D eigenvalue weighted by molar-refractivity contribution is 9.10. The predicted octanol–water partition coefficient (Wildman–Crippen LogP) is 5.24. The van der Waals surface area contributed by atoms with Gasteiger partial charge in [0.25, 0.3) is 5.69 Å². The topological polar surface area (TPSA) is 43.1 Å². The van der Waals surface area contributed by atoms with Gasteiger partial charge in [-0.15, -0.1) is 11.3 Å². The molecule has 1 aromatic heterocycles. The second-order valence-corrected chi connectivity index (χ2v) is 6.10. The summed E-state index contributed by atoms with van der Waals surface area (Å²) < 4.78 is 2.25. The van der Waals surface area contributed by atoms with E-state index in [-0.39, 0.29) is 10.6 Å². The maximum absolute atomic E-state index is 10.6. The van der Waals surface area contributed by atoms with Crippen molar-refractivity contribution >= 4 is 43.0 Å². The number of nitrogens with zero attached hydrogens (tertiary/aromatic N) is 1. The molecule has 0 saturated carbocycles. The summed E-state index contributed by atoms with van der Waals surface area (Å²) in [5.74, 6) is 0. The molecule has 0 fully saturated rings. The Labute approximate surface area is 121 Å². The van der Waals surface area contributed by atoms with Crippen molar-refractivity contribution in [2.75, 3.05) is 0 Å². The second-order valence-electron chi connectivity index (χ2n) is 4.10. The van der Waals surface area contributed by atoms with E-state index >= 15 is 0 Å². The fourth-order valence-electron chi connectivity index (χ4n) is 1.90. The van der Waals surface area contributed by atoms with E-state index in [0.29, 0.717) is 0 Å². The van der Waals surface area contributed by atoms with E-state index in [0.717, 1.165) is 14.9 Å². The molecular formula is C14H8BrNO2S. The zero-order valence-corrected chi connectivity index (χ0v) is 12.1. The van der Waals surface area contributed by atoms with Crippen LogP contribution in [0.2, 0.25) is 0 Å². The summed E-state index contributed by atoms with van der Waals surface area (Å²) in [6, 6.07) is 14.9. The third kappa shape index (κ3) is 2.39. The Morgan fingerprint density at radius 3 is 2.47 bits per heavy atom. The van der Waals surface area contributed by atoms with Gasteiger partial charge in [-0.25, -0.2) is 0 Å². The van der Waals surface area contributed by atoms with Gasteiger partial charge >= 0.3 is 0 Å². The molecule has 0 aliphatic heterocycles. The van der Waals surface area contributed by atoms with E-state index in [9.17, 15) is 10.1 Å². The van der Waals surface area contributed by atoms with Crippen LogP contribution >= 0.6 is 27.3 Å². The highest BCUT2D eigenvalue weighted by atomic mass is 79.9. The molecule has 1 heterocycles. The second kappa shape index (κ2) is 4.75. The van der Waals surface area contributed by atoms with E-state index < -0.39 is 0 Å². The smallest absolute Gasteiger partial charge is 0.258 e. The lowest BCUT2D eigenvalue weighted by Crippen LogP contribution is -1.86. The minimum absolute atomic E-state index is 0.118. The van der Waals surface area contributed by atoms with Crippen LogP contribution in [0.15, 0.2) is 53.0 Å². The largest absolute Gasteiger partial charge is 0.269 e. The van der Waals surface area contributed by atoms with E-state index in [4.69, 9.17) is 0 Å². The number of rotatable bonds is 2. The van der Waals surface area contributed by atoms with Gasteiger partial charge in [0.05, 0.1) is 4.92 Å². The lowest BCUT2D eigenvalue weighted by molar-refractivity contribution is -0.384. The number of hydrogen-bond acceptors (Lipinski definition) is 3. The average molecular weight is 334 g/mol. The molecule has 0 aliphatic carbocycles. The monoisotopic (exact) mass is 333 g/mol. The summed E-state index contributed by atoms with van der Waals surface area (Å²) in [5, 5.41) is 11.8. The summed E-state index contributed by atoms with van der Waals surface area (Å²) in [6.45, 7) is 0. The van der Waals surface area contributed by atoms with Crippen LogP contribution in [0.4, 0.5) is 5.69 Å². The fourth-order valence-corrected chi connectivity index (χ4v) is 3.33. The molecule has 19 heavy (non-hydrogen) atoms. The SMILES string of the molecule is O=[N+]([O-])c1ccc(-c2cc3cc(Br)ccc3s2)cc1. The van der Waals surface area contributed by atoms with Gasteiger partial charge in [-0.2, -0.15) is 0 Å². The molecule has 0 N–H and O–H groups in total. The van der Waals surface area contributed by atoms with Crippen molar-refractivity contribution in [1.29, 1.82) is 0 Å². The Morgan fingerprint density at radius 2 is 1.79 bits per heavy atom. The number of nitro benzene ring substituents is 1. The van der Waals surface area contributed by atoms with Crippen LogP contribution in [0.25, 0.3) is 20.5 Å². The molecule has 3 rings (SSSR count). The molecule has 0 atom stereocenters. The van der Waals surface area contributed by atoms with Crippen molar-refractivity contribution in [2.45, 2.75) is 0 Å². The quantitative estimate of drug-likeness (QED) is 0.475. The molecule has 0 spiro atoms. The van der Waals surface area contributed by atoms with Crippen LogP contribution in [0.5, 0.6) is 0 Å². The number of hydrogen-bond donors (Lipinski definition) is 0. The number of benzene rings is 2. The summed E-state index contributed by atoms with van der Waals surface area (Å²) in [5.41, 5.74) is 1.12. The Bertz CT molecular complexity index is 765. The van der Waals surface area contributed by atoms with E-state index in [1.165, 1.54) is 22.2 Å². The number of fused-ring (bicyclic) bond motifs is 1. The van der Waals surface area contributed by atoms with Crippen molar-refractivity contribution in [2.24, 2.45) is 0 Å². The van der Waals surface area contributed by atoms with Gasteiger partial charge in [-0.3, -0.25) is 10.1 Å². The number of non-ortho nitro benzene ring substituents is 1. The van der Waals surface area contributed by atoms with Gasteiger partial charge in [0.15, 0.2) is 0 Å². The molecule has 0 aliphatic rings. The molecule has 0 amide bonds. The van der Waals surface area contributed by atoms with Gasteiger partial charge in [0, 0.05) is 26.2 Å². The Morgan fingerprint density at radius 1 is 1.05 bits per heavy atom. The van der Waals surface area contributed by atoms with E-state index in [1.54, 1.807) is 23.5 Å². The first-order valence-electron chi connectivity index (χ1n) is 5.57. The maximum atomic E-state index is 10.6. The van der Waals surface area contributed by atoms with Crippen molar-refractivity contribution in [1.82, 2.24) is 0 Å². The van der Waals surface area contributed by atoms with Gasteiger partial charge in [0.2, 0.25) is 0 Å². The van der Waals surface area contributed by atoms with Crippen molar-refractivity contribution in [3.63, 3.8) is 0 Å². The van der Waals surface area contributed by atoms with Crippen LogP contribution < -0.4 is 0 Å². The molecule has 3 aromatic rings. The van der Waals surface area contributed by atoms with Gasteiger partial charge in [-0.1, -0.05) is 15.9 Å². The third-order valence-corrected chi connectivity index (χ3v) is 4.50. The molecule has 5 heteroatoms. The Hall–Kier alpha value is -1.72. The summed E-state index contributed by atoms with van der Waals surface area (Å²) >= 11 is 5.14.